The highest BCUT2D eigenvalue weighted by molar-refractivity contribution is 7.13. The van der Waals surface area contributed by atoms with Crippen molar-refractivity contribution in [1.82, 2.24) is 0 Å². The molecular formula is C24H26O4S2. The molecule has 158 valence electrons. The molecule has 1 aliphatic carbocycles. The summed E-state index contributed by atoms with van der Waals surface area (Å²) in [6, 6.07) is 12.4. The lowest BCUT2D eigenvalue weighted by Gasteiger charge is -2.16. The molecule has 0 aliphatic heterocycles. The molecule has 30 heavy (non-hydrogen) atoms. The first-order valence-corrected chi connectivity index (χ1v) is 12.1. The number of rotatable bonds is 10. The maximum Gasteiger partial charge on any atom is 0.335 e. The van der Waals surface area contributed by atoms with Crippen molar-refractivity contribution in [3.63, 3.8) is 0 Å². The van der Waals surface area contributed by atoms with E-state index in [-0.39, 0.29) is 5.97 Å². The molecular weight excluding hydrogens is 416 g/mol. The number of ether oxygens (including phenoxy) is 3. The van der Waals surface area contributed by atoms with Crippen molar-refractivity contribution >= 4 is 28.6 Å². The van der Waals surface area contributed by atoms with Gasteiger partial charge in [0, 0.05) is 28.7 Å². The number of hydrogen-bond donors (Lipinski definition) is 0. The second kappa shape index (κ2) is 9.77. The second-order valence-electron chi connectivity index (χ2n) is 7.13. The van der Waals surface area contributed by atoms with E-state index >= 15 is 0 Å². The van der Waals surface area contributed by atoms with Gasteiger partial charge >= 0.3 is 5.97 Å². The van der Waals surface area contributed by atoms with Gasteiger partial charge in [-0.05, 0) is 72.0 Å². The van der Waals surface area contributed by atoms with Gasteiger partial charge in [0.05, 0.1) is 13.2 Å². The number of carbonyl (C=O) groups excluding carboxylic acids is 1. The van der Waals surface area contributed by atoms with Crippen molar-refractivity contribution in [1.29, 1.82) is 0 Å². The Bertz CT molecular complexity index is 933. The first-order valence-electron chi connectivity index (χ1n) is 10.4. The zero-order valence-electron chi connectivity index (χ0n) is 17.3. The van der Waals surface area contributed by atoms with Crippen molar-refractivity contribution in [2.45, 2.75) is 38.7 Å². The highest BCUT2D eigenvalue weighted by atomic mass is 32.1. The van der Waals surface area contributed by atoms with Gasteiger partial charge in [-0.2, -0.15) is 0 Å². The molecule has 0 bridgehead atoms. The molecule has 0 fully saturated rings. The Hall–Kier alpha value is -2.15. The molecule has 1 aromatic carbocycles. The fraction of sp³-hybridized carbons (Fsp3) is 0.375. The van der Waals surface area contributed by atoms with Crippen LogP contribution in [-0.2, 0) is 20.7 Å². The monoisotopic (exact) mass is 442 g/mol. The van der Waals surface area contributed by atoms with Crippen molar-refractivity contribution in [3.8, 4) is 16.9 Å². The smallest absolute Gasteiger partial charge is 0.335 e. The summed E-state index contributed by atoms with van der Waals surface area (Å²) >= 11 is 3.69. The summed E-state index contributed by atoms with van der Waals surface area (Å²) in [5, 5.41) is 4.37. The number of esters is 1. The van der Waals surface area contributed by atoms with Crippen LogP contribution in [0.5, 0.6) is 5.75 Å². The first kappa shape index (κ1) is 21.1. The predicted octanol–water partition coefficient (Wildman–Crippen LogP) is 5.90. The van der Waals surface area contributed by atoms with Crippen LogP contribution in [0, 0.1) is 0 Å². The van der Waals surface area contributed by atoms with Crippen molar-refractivity contribution in [3.05, 3.63) is 62.5 Å². The van der Waals surface area contributed by atoms with E-state index in [0.29, 0.717) is 32.2 Å². The minimum absolute atomic E-state index is 0.308. The van der Waals surface area contributed by atoms with Crippen LogP contribution < -0.4 is 4.74 Å². The normalized spacial score (nSPS) is 13.7. The van der Waals surface area contributed by atoms with Crippen LogP contribution in [0.2, 0.25) is 0 Å². The Morgan fingerprint density at radius 1 is 0.967 bits per heavy atom. The highest BCUT2D eigenvalue weighted by Gasteiger charge is 2.30. The van der Waals surface area contributed by atoms with Crippen LogP contribution in [0.4, 0.5) is 0 Å². The van der Waals surface area contributed by atoms with Crippen LogP contribution in [0.1, 0.15) is 41.5 Å². The number of thiophene rings is 2. The summed E-state index contributed by atoms with van der Waals surface area (Å²) in [7, 11) is 0. The largest absolute Gasteiger partial charge is 0.494 e. The van der Waals surface area contributed by atoms with Crippen molar-refractivity contribution in [2.75, 3.05) is 19.8 Å². The van der Waals surface area contributed by atoms with Gasteiger partial charge in [-0.3, -0.25) is 0 Å². The number of fused-ring (bicyclic) bond motifs is 3. The molecule has 2 heterocycles. The third-order valence-electron chi connectivity index (χ3n) is 5.25. The van der Waals surface area contributed by atoms with E-state index in [1.54, 1.807) is 6.92 Å². The van der Waals surface area contributed by atoms with Crippen LogP contribution in [-0.4, -0.2) is 31.9 Å². The van der Waals surface area contributed by atoms with Gasteiger partial charge in [-0.25, -0.2) is 4.79 Å². The third-order valence-corrected chi connectivity index (χ3v) is 7.31. The van der Waals surface area contributed by atoms with E-state index in [1.807, 2.05) is 53.9 Å². The molecule has 1 aliphatic rings. The third kappa shape index (κ3) is 4.46. The molecule has 3 aromatic rings. The lowest BCUT2D eigenvalue weighted by molar-refractivity contribution is -0.156. The molecule has 0 N–H and O–H groups in total. The summed E-state index contributed by atoms with van der Waals surface area (Å²) in [5.74, 6) is 0.988. The van der Waals surface area contributed by atoms with Gasteiger partial charge in [-0.15, -0.1) is 22.7 Å². The van der Waals surface area contributed by atoms with E-state index in [9.17, 15) is 4.79 Å². The summed E-state index contributed by atoms with van der Waals surface area (Å²) in [4.78, 5) is 15.0. The zero-order chi connectivity index (χ0) is 20.9. The van der Waals surface area contributed by atoms with Crippen molar-refractivity contribution < 1.29 is 19.0 Å². The molecule has 6 heteroatoms. The fourth-order valence-corrected chi connectivity index (χ4v) is 6.07. The molecule has 2 aromatic heterocycles. The number of carbonyl (C=O) groups is 1. The highest BCUT2D eigenvalue weighted by Crippen LogP contribution is 2.51. The topological polar surface area (TPSA) is 44.8 Å². The van der Waals surface area contributed by atoms with Gasteiger partial charge in [0.25, 0.3) is 0 Å². The minimum Gasteiger partial charge on any atom is -0.494 e. The van der Waals surface area contributed by atoms with Gasteiger partial charge < -0.3 is 14.2 Å². The average Bonchev–Trinajstić information content (AvgIpc) is 3.45. The summed E-state index contributed by atoms with van der Waals surface area (Å²) < 4.78 is 16.7. The Balaban J connectivity index is 1.32. The first-order chi connectivity index (χ1) is 14.7. The molecule has 0 amide bonds. The molecule has 1 unspecified atom stereocenters. The molecule has 4 nitrogen and oxygen atoms in total. The molecule has 0 saturated heterocycles. The molecule has 0 radical (unpaired) electrons. The van der Waals surface area contributed by atoms with E-state index in [4.69, 9.17) is 14.2 Å². The van der Waals surface area contributed by atoms with E-state index in [2.05, 4.69) is 22.9 Å². The van der Waals surface area contributed by atoms with Crippen LogP contribution in [0.3, 0.4) is 0 Å². The van der Waals surface area contributed by atoms with Gasteiger partial charge in [0.15, 0.2) is 6.10 Å². The van der Waals surface area contributed by atoms with E-state index in [1.165, 1.54) is 20.9 Å². The van der Waals surface area contributed by atoms with Gasteiger partial charge in [0.2, 0.25) is 0 Å². The number of hydrogen-bond acceptors (Lipinski definition) is 6. The quantitative estimate of drug-likeness (QED) is 0.367. The van der Waals surface area contributed by atoms with E-state index < -0.39 is 6.10 Å². The lowest BCUT2D eigenvalue weighted by Crippen LogP contribution is -2.28. The molecule has 0 spiro atoms. The second-order valence-corrected chi connectivity index (χ2v) is 9.03. The Morgan fingerprint density at radius 3 is 2.23 bits per heavy atom. The van der Waals surface area contributed by atoms with Gasteiger partial charge in [-0.1, -0.05) is 12.1 Å². The zero-order valence-corrected chi connectivity index (χ0v) is 18.9. The summed E-state index contributed by atoms with van der Waals surface area (Å²) in [5.41, 5.74) is 3.82. The predicted molar refractivity (Wildman–Crippen MR) is 122 cm³/mol. The standard InChI is InChI=1S/C24H26O4S2/c1-3-26-21(24(25)27-4-2)15-16-5-7-17(8-6-16)28-12-9-20-22-18(10-13-29-22)19-11-14-30-23(19)20/h5-8,10-11,13-14,20-21H,3-4,9,12,15H2,1-2H3. The van der Waals surface area contributed by atoms with E-state index in [0.717, 1.165) is 17.7 Å². The Kier molecular flexibility index (Phi) is 6.87. The van der Waals surface area contributed by atoms with Crippen molar-refractivity contribution in [2.24, 2.45) is 0 Å². The number of benzene rings is 1. The molecule has 4 rings (SSSR count). The Morgan fingerprint density at radius 2 is 1.63 bits per heavy atom. The maximum absolute atomic E-state index is 12.0. The minimum atomic E-state index is -0.566. The maximum atomic E-state index is 12.0. The van der Waals surface area contributed by atoms with Crippen LogP contribution in [0.15, 0.2) is 47.2 Å². The Labute approximate surface area is 185 Å². The lowest BCUT2D eigenvalue weighted by atomic mass is 10.1. The fourth-order valence-electron chi connectivity index (χ4n) is 3.89. The van der Waals surface area contributed by atoms with Crippen LogP contribution >= 0.6 is 22.7 Å². The van der Waals surface area contributed by atoms with Gasteiger partial charge in [0.1, 0.15) is 5.75 Å². The molecule has 0 saturated carbocycles. The van der Waals surface area contributed by atoms with Crippen LogP contribution in [0.25, 0.3) is 11.1 Å². The SMILES string of the molecule is CCOC(=O)C(Cc1ccc(OCCC2c3sccc3-c3ccsc32)cc1)OCC. The summed E-state index contributed by atoms with van der Waals surface area (Å²) in [6.07, 6.45) is 0.902. The summed E-state index contributed by atoms with van der Waals surface area (Å²) in [6.45, 7) is 5.19. The average molecular weight is 443 g/mol. The molecule has 1 atom stereocenters.